The topological polar surface area (TPSA) is 59.8 Å². The lowest BCUT2D eigenvalue weighted by Crippen LogP contribution is -2.32. The number of nitrogens with zero attached hydrogens (tertiary/aromatic N) is 1. The van der Waals surface area contributed by atoms with Gasteiger partial charge < -0.3 is 14.1 Å². The maximum Gasteiger partial charge on any atom is 0.290 e. The molecule has 2 heterocycles. The Morgan fingerprint density at radius 3 is 2.52 bits per heavy atom. The molecular formula is C23H23NO4S. The summed E-state index contributed by atoms with van der Waals surface area (Å²) >= 11 is 1.65. The highest BCUT2D eigenvalue weighted by atomic mass is 32.2. The predicted octanol–water partition coefficient (Wildman–Crippen LogP) is 4.32. The van der Waals surface area contributed by atoms with Crippen LogP contribution in [-0.2, 0) is 4.74 Å². The Balaban J connectivity index is 1.97. The van der Waals surface area contributed by atoms with Crippen molar-refractivity contribution in [1.82, 2.24) is 4.90 Å². The Hall–Kier alpha value is -2.57. The predicted molar refractivity (Wildman–Crippen MR) is 115 cm³/mol. The summed E-state index contributed by atoms with van der Waals surface area (Å²) in [5, 5.41) is 0.543. The van der Waals surface area contributed by atoms with E-state index in [1.807, 2.05) is 56.5 Å². The van der Waals surface area contributed by atoms with Gasteiger partial charge in [0.25, 0.3) is 5.91 Å². The van der Waals surface area contributed by atoms with Gasteiger partial charge in [-0.05, 0) is 55.0 Å². The smallest absolute Gasteiger partial charge is 0.290 e. The quantitative estimate of drug-likeness (QED) is 0.587. The average Bonchev–Trinajstić information content (AvgIpc) is 2.98. The van der Waals surface area contributed by atoms with Crippen molar-refractivity contribution in [3.8, 4) is 0 Å². The summed E-state index contributed by atoms with van der Waals surface area (Å²) in [6.45, 7) is 4.61. The van der Waals surface area contributed by atoms with Crippen molar-refractivity contribution in [1.29, 1.82) is 0 Å². The van der Waals surface area contributed by atoms with Crippen LogP contribution in [0.3, 0.4) is 0 Å². The number of hydrogen-bond donors (Lipinski definition) is 0. The van der Waals surface area contributed by atoms with Crippen molar-refractivity contribution in [2.75, 3.05) is 26.5 Å². The van der Waals surface area contributed by atoms with Crippen molar-refractivity contribution in [2.45, 2.75) is 24.8 Å². The van der Waals surface area contributed by atoms with E-state index >= 15 is 0 Å². The molecule has 0 bridgehead atoms. The second-order valence-corrected chi connectivity index (χ2v) is 8.18. The summed E-state index contributed by atoms with van der Waals surface area (Å²) in [5.74, 6) is -0.128. The summed E-state index contributed by atoms with van der Waals surface area (Å²) in [5.41, 5.74) is 3.49. The summed E-state index contributed by atoms with van der Waals surface area (Å²) < 4.78 is 11.2. The van der Waals surface area contributed by atoms with E-state index in [9.17, 15) is 9.59 Å². The number of hydrogen-bond acceptors (Lipinski definition) is 5. The SMILES string of the molecule is COCCN1C(=O)c2oc3cc(C)cc(C)c3c(=O)c2C1c1ccc(SC)cc1. The monoisotopic (exact) mass is 409 g/mol. The first-order chi connectivity index (χ1) is 14.0. The molecule has 150 valence electrons. The third-order valence-corrected chi connectivity index (χ3v) is 6.12. The van der Waals surface area contributed by atoms with Gasteiger partial charge in [-0.15, -0.1) is 11.8 Å². The molecule has 0 spiro atoms. The van der Waals surface area contributed by atoms with Gasteiger partial charge in [-0.3, -0.25) is 9.59 Å². The van der Waals surface area contributed by atoms with Crippen LogP contribution in [0.4, 0.5) is 0 Å². The van der Waals surface area contributed by atoms with Crippen molar-refractivity contribution in [2.24, 2.45) is 0 Å². The van der Waals surface area contributed by atoms with Gasteiger partial charge in [0, 0.05) is 18.6 Å². The first-order valence-electron chi connectivity index (χ1n) is 9.48. The fourth-order valence-corrected chi connectivity index (χ4v) is 4.47. The van der Waals surface area contributed by atoms with Gasteiger partial charge in [0.05, 0.1) is 23.6 Å². The number of methoxy groups -OCH3 is 1. The number of aryl methyl sites for hydroxylation is 2. The lowest BCUT2D eigenvalue weighted by Gasteiger charge is -2.25. The Bertz CT molecular complexity index is 1150. The van der Waals surface area contributed by atoms with E-state index in [0.29, 0.717) is 29.7 Å². The highest BCUT2D eigenvalue weighted by Crippen LogP contribution is 2.38. The Morgan fingerprint density at radius 2 is 1.86 bits per heavy atom. The molecule has 4 rings (SSSR count). The normalized spacial score (nSPS) is 15.9. The highest BCUT2D eigenvalue weighted by molar-refractivity contribution is 7.98. The number of benzene rings is 2. The van der Waals surface area contributed by atoms with Gasteiger partial charge in [0.15, 0.2) is 5.43 Å². The summed E-state index contributed by atoms with van der Waals surface area (Å²) in [6.07, 6.45) is 2.01. The van der Waals surface area contributed by atoms with Crippen LogP contribution in [-0.4, -0.2) is 37.3 Å². The third kappa shape index (κ3) is 3.26. The Morgan fingerprint density at radius 1 is 1.14 bits per heavy atom. The lowest BCUT2D eigenvalue weighted by atomic mass is 9.97. The molecule has 1 atom stereocenters. The van der Waals surface area contributed by atoms with E-state index in [1.54, 1.807) is 23.8 Å². The first-order valence-corrected chi connectivity index (χ1v) is 10.7. The number of ether oxygens (including phenoxy) is 1. The minimum Gasteiger partial charge on any atom is -0.450 e. The third-order valence-electron chi connectivity index (χ3n) is 5.38. The van der Waals surface area contributed by atoms with Gasteiger partial charge in [-0.1, -0.05) is 18.2 Å². The largest absolute Gasteiger partial charge is 0.450 e. The number of rotatable bonds is 5. The van der Waals surface area contributed by atoms with E-state index < -0.39 is 6.04 Å². The van der Waals surface area contributed by atoms with Crippen LogP contribution < -0.4 is 5.43 Å². The fraction of sp³-hybridized carbons (Fsp3) is 0.304. The minimum atomic E-state index is -0.482. The molecule has 1 aliphatic rings. The van der Waals surface area contributed by atoms with Crippen LogP contribution in [0.1, 0.15) is 38.9 Å². The molecule has 0 N–H and O–H groups in total. The summed E-state index contributed by atoms with van der Waals surface area (Å²) in [6, 6.07) is 11.3. The molecule has 0 fully saturated rings. The molecule has 1 aliphatic heterocycles. The fourth-order valence-electron chi connectivity index (χ4n) is 4.07. The zero-order valence-electron chi connectivity index (χ0n) is 16.9. The maximum absolute atomic E-state index is 13.5. The molecule has 2 aromatic carbocycles. The van der Waals surface area contributed by atoms with E-state index in [-0.39, 0.29) is 17.1 Å². The molecule has 1 unspecified atom stereocenters. The second kappa shape index (κ2) is 7.69. The molecule has 1 amide bonds. The zero-order chi connectivity index (χ0) is 20.7. The molecule has 0 aliphatic carbocycles. The van der Waals surface area contributed by atoms with Gasteiger partial charge in [0.2, 0.25) is 5.76 Å². The van der Waals surface area contributed by atoms with Crippen molar-refractivity contribution in [3.63, 3.8) is 0 Å². The number of fused-ring (bicyclic) bond motifs is 2. The van der Waals surface area contributed by atoms with Crippen LogP contribution in [0.25, 0.3) is 11.0 Å². The summed E-state index contributed by atoms with van der Waals surface area (Å²) in [7, 11) is 1.60. The first kappa shape index (κ1) is 19.7. The van der Waals surface area contributed by atoms with Crippen LogP contribution >= 0.6 is 11.8 Å². The molecular weight excluding hydrogens is 386 g/mol. The van der Waals surface area contributed by atoms with E-state index in [0.717, 1.165) is 21.6 Å². The summed E-state index contributed by atoms with van der Waals surface area (Å²) in [4.78, 5) is 29.6. The molecule has 3 aromatic rings. The zero-order valence-corrected chi connectivity index (χ0v) is 17.8. The molecule has 0 radical (unpaired) electrons. The average molecular weight is 410 g/mol. The van der Waals surface area contributed by atoms with Crippen molar-refractivity contribution >= 4 is 28.6 Å². The Kier molecular flexibility index (Phi) is 5.23. The Labute approximate surface area is 173 Å². The van der Waals surface area contributed by atoms with Gasteiger partial charge in [-0.25, -0.2) is 0 Å². The number of amides is 1. The molecule has 29 heavy (non-hydrogen) atoms. The number of carbonyl (C=O) groups is 1. The maximum atomic E-state index is 13.5. The second-order valence-electron chi connectivity index (χ2n) is 7.30. The molecule has 6 heteroatoms. The highest BCUT2D eigenvalue weighted by Gasteiger charge is 2.42. The van der Waals surface area contributed by atoms with E-state index in [2.05, 4.69) is 0 Å². The number of thioether (sulfide) groups is 1. The van der Waals surface area contributed by atoms with Gasteiger partial charge in [0.1, 0.15) is 5.58 Å². The van der Waals surface area contributed by atoms with Crippen LogP contribution in [0, 0.1) is 13.8 Å². The van der Waals surface area contributed by atoms with E-state index in [4.69, 9.17) is 9.15 Å². The van der Waals surface area contributed by atoms with Crippen LogP contribution in [0.5, 0.6) is 0 Å². The van der Waals surface area contributed by atoms with Gasteiger partial charge >= 0.3 is 0 Å². The molecule has 1 aromatic heterocycles. The van der Waals surface area contributed by atoms with Crippen LogP contribution in [0.15, 0.2) is 50.5 Å². The number of carbonyl (C=O) groups excluding carboxylic acids is 1. The van der Waals surface area contributed by atoms with Crippen molar-refractivity contribution in [3.05, 3.63) is 74.6 Å². The lowest BCUT2D eigenvalue weighted by molar-refractivity contribution is 0.0663. The molecule has 0 saturated carbocycles. The minimum absolute atomic E-state index is 0.133. The standard InChI is InChI=1S/C23H23NO4S/c1-13-11-14(2)18-17(12-13)28-22-19(21(18)25)20(24(23(22)26)9-10-27-3)15-5-7-16(29-4)8-6-15/h5-8,11-12,20H,9-10H2,1-4H3. The van der Waals surface area contributed by atoms with Crippen molar-refractivity contribution < 1.29 is 13.9 Å². The van der Waals surface area contributed by atoms with Gasteiger partial charge in [-0.2, -0.15) is 0 Å². The van der Waals surface area contributed by atoms with E-state index in [1.165, 1.54) is 0 Å². The van der Waals surface area contributed by atoms with Crippen LogP contribution in [0.2, 0.25) is 0 Å². The molecule has 0 saturated heterocycles. The molecule has 5 nitrogen and oxygen atoms in total.